The molecule has 3 aromatic rings. The molecule has 2 saturated heterocycles. The highest BCUT2D eigenvalue weighted by atomic mass is 19.4. The van der Waals surface area contributed by atoms with Crippen LogP contribution in [0.4, 0.5) is 43.9 Å². The average Bonchev–Trinajstić information content (AvgIpc) is 2.92. The second kappa shape index (κ2) is 10.8. The average molecular weight is 554 g/mol. The van der Waals surface area contributed by atoms with Gasteiger partial charge in [0.05, 0.1) is 24.5 Å². The Morgan fingerprint density at radius 2 is 1.49 bits per heavy atom. The third kappa shape index (κ3) is 6.44. The number of piperazine rings is 1. The van der Waals surface area contributed by atoms with Crippen LogP contribution in [0.5, 0.6) is 5.75 Å². The van der Waals surface area contributed by atoms with Crippen LogP contribution >= 0.6 is 0 Å². The molecule has 8 nitrogen and oxygen atoms in total. The Morgan fingerprint density at radius 1 is 0.769 bits per heavy atom. The Kier molecular flexibility index (Phi) is 7.38. The van der Waals surface area contributed by atoms with Crippen LogP contribution in [0.25, 0.3) is 11.3 Å². The number of aromatic nitrogens is 3. The van der Waals surface area contributed by atoms with Crippen molar-refractivity contribution in [3.05, 3.63) is 54.2 Å². The van der Waals surface area contributed by atoms with E-state index in [1.807, 2.05) is 9.80 Å². The molecule has 0 amide bonds. The molecule has 5 rings (SSSR count). The zero-order valence-corrected chi connectivity index (χ0v) is 20.5. The molecule has 0 radical (unpaired) electrons. The van der Waals surface area contributed by atoms with Gasteiger partial charge in [0.15, 0.2) is 0 Å². The summed E-state index contributed by atoms with van der Waals surface area (Å²) in [5.74, 6) is 0.404. The number of nitrogens with zero attached hydrogens (tertiary/aromatic N) is 6. The summed E-state index contributed by atoms with van der Waals surface area (Å²) < 4.78 is 88.4. The van der Waals surface area contributed by atoms with Crippen molar-refractivity contribution in [3.8, 4) is 17.0 Å². The predicted octanol–water partition coefficient (Wildman–Crippen LogP) is 4.62. The summed E-state index contributed by atoms with van der Waals surface area (Å²) in [6.45, 7) is 3.25. The van der Waals surface area contributed by atoms with Crippen molar-refractivity contribution in [2.24, 2.45) is 0 Å². The number of ether oxygens (including phenoxy) is 2. The van der Waals surface area contributed by atoms with E-state index in [4.69, 9.17) is 9.72 Å². The van der Waals surface area contributed by atoms with E-state index >= 15 is 0 Å². The first-order chi connectivity index (χ1) is 18.6. The minimum Gasteiger partial charge on any atom is -0.406 e. The molecule has 0 N–H and O–H groups in total. The van der Waals surface area contributed by atoms with Crippen LogP contribution < -0.4 is 19.4 Å². The van der Waals surface area contributed by atoms with Gasteiger partial charge in [0.1, 0.15) is 17.4 Å². The topological polar surface area (TPSA) is 66.9 Å². The molecule has 2 fully saturated rings. The lowest BCUT2D eigenvalue weighted by atomic mass is 10.1. The van der Waals surface area contributed by atoms with Gasteiger partial charge in [-0.1, -0.05) is 12.1 Å². The van der Waals surface area contributed by atoms with Gasteiger partial charge >= 0.3 is 12.5 Å². The van der Waals surface area contributed by atoms with Crippen molar-refractivity contribution in [1.29, 1.82) is 0 Å². The van der Waals surface area contributed by atoms with Crippen LogP contribution in [0.3, 0.4) is 0 Å². The third-order valence-electron chi connectivity index (χ3n) is 6.35. The van der Waals surface area contributed by atoms with E-state index in [1.54, 1.807) is 17.0 Å². The maximum absolute atomic E-state index is 13.5. The fourth-order valence-electron chi connectivity index (χ4n) is 4.51. The molecule has 0 aliphatic carbocycles. The zero-order valence-electron chi connectivity index (χ0n) is 20.5. The fourth-order valence-corrected chi connectivity index (χ4v) is 4.51. The second-order valence-corrected chi connectivity index (χ2v) is 8.93. The van der Waals surface area contributed by atoms with Gasteiger partial charge in [-0.2, -0.15) is 18.2 Å². The SMILES string of the molecule is FC(F)(F)Oc1cccc(-c2cc(N3CCN(c4ncccc4C(F)(F)F)CC3)nc(N3CCOCC3)n2)c1. The maximum atomic E-state index is 13.5. The molecule has 0 spiro atoms. The molecule has 0 bridgehead atoms. The predicted molar refractivity (Wildman–Crippen MR) is 131 cm³/mol. The van der Waals surface area contributed by atoms with Gasteiger partial charge < -0.3 is 24.2 Å². The first-order valence-corrected chi connectivity index (χ1v) is 12.2. The summed E-state index contributed by atoms with van der Waals surface area (Å²) in [4.78, 5) is 18.7. The van der Waals surface area contributed by atoms with Crippen LogP contribution in [0.1, 0.15) is 5.56 Å². The van der Waals surface area contributed by atoms with Gasteiger partial charge in [-0.05, 0) is 24.3 Å². The molecule has 2 aliphatic rings. The summed E-state index contributed by atoms with van der Waals surface area (Å²) in [5.41, 5.74) is -0.00388. The van der Waals surface area contributed by atoms with Crippen LogP contribution in [-0.2, 0) is 10.9 Å². The Hall–Kier alpha value is -3.81. The largest absolute Gasteiger partial charge is 0.573 e. The minimum absolute atomic E-state index is 0.122. The highest BCUT2D eigenvalue weighted by Crippen LogP contribution is 2.36. The van der Waals surface area contributed by atoms with Crippen molar-refractivity contribution in [1.82, 2.24) is 15.0 Å². The van der Waals surface area contributed by atoms with E-state index < -0.39 is 18.1 Å². The standard InChI is InChI=1S/C25H24F6N6O2/c26-24(27,28)19-5-2-6-32-22(19)36-9-7-35(8-10-36)21-16-20(33-23(34-21)37-11-13-38-14-12-37)17-3-1-4-18(15-17)39-25(29,30)31/h1-6,15-16H,7-14H2. The lowest BCUT2D eigenvalue weighted by Gasteiger charge is -2.37. The summed E-state index contributed by atoms with van der Waals surface area (Å²) in [6, 6.07) is 9.44. The molecule has 208 valence electrons. The summed E-state index contributed by atoms with van der Waals surface area (Å²) >= 11 is 0. The summed E-state index contributed by atoms with van der Waals surface area (Å²) in [6.07, 6.45) is -8.04. The number of hydrogen-bond acceptors (Lipinski definition) is 8. The van der Waals surface area contributed by atoms with Crippen molar-refractivity contribution >= 4 is 17.6 Å². The number of alkyl halides is 6. The highest BCUT2D eigenvalue weighted by molar-refractivity contribution is 5.67. The molecule has 2 aliphatic heterocycles. The number of halogens is 6. The minimum atomic E-state index is -4.84. The second-order valence-electron chi connectivity index (χ2n) is 8.93. The first kappa shape index (κ1) is 26.8. The molecule has 2 aromatic heterocycles. The maximum Gasteiger partial charge on any atom is 0.573 e. The Balaban J connectivity index is 1.43. The number of pyridine rings is 1. The number of hydrogen-bond donors (Lipinski definition) is 0. The first-order valence-electron chi connectivity index (χ1n) is 12.2. The molecule has 0 atom stereocenters. The molecular formula is C25H24F6N6O2. The van der Waals surface area contributed by atoms with Gasteiger partial charge in [-0.15, -0.1) is 13.2 Å². The Morgan fingerprint density at radius 3 is 2.18 bits per heavy atom. The number of morpholine rings is 1. The fraction of sp³-hybridized carbons (Fsp3) is 0.400. The lowest BCUT2D eigenvalue weighted by Crippen LogP contribution is -2.48. The normalized spacial score (nSPS) is 16.9. The van der Waals surface area contributed by atoms with Crippen LogP contribution in [0, 0.1) is 0 Å². The van der Waals surface area contributed by atoms with Gasteiger partial charge in [-0.25, -0.2) is 9.97 Å². The van der Waals surface area contributed by atoms with Crippen LogP contribution in [-0.4, -0.2) is 73.8 Å². The molecule has 0 saturated carbocycles. The van der Waals surface area contributed by atoms with Gasteiger partial charge in [-0.3, -0.25) is 0 Å². The molecule has 39 heavy (non-hydrogen) atoms. The van der Waals surface area contributed by atoms with Crippen LogP contribution in [0.2, 0.25) is 0 Å². The van der Waals surface area contributed by atoms with Gasteiger partial charge in [0.2, 0.25) is 5.95 Å². The zero-order chi connectivity index (χ0) is 27.6. The Labute approximate surface area is 219 Å². The summed E-state index contributed by atoms with van der Waals surface area (Å²) in [5, 5.41) is 0. The lowest BCUT2D eigenvalue weighted by molar-refractivity contribution is -0.274. The molecule has 14 heteroatoms. The quantitative estimate of drug-likeness (QED) is 0.424. The molecule has 4 heterocycles. The number of anilines is 3. The van der Waals surface area contributed by atoms with Gasteiger partial charge in [0, 0.05) is 57.1 Å². The number of benzene rings is 1. The third-order valence-corrected chi connectivity index (χ3v) is 6.35. The van der Waals surface area contributed by atoms with Crippen molar-refractivity contribution < 1.29 is 35.8 Å². The smallest absolute Gasteiger partial charge is 0.406 e. The molecule has 1 aromatic carbocycles. The van der Waals surface area contributed by atoms with E-state index in [2.05, 4.69) is 14.7 Å². The number of rotatable bonds is 5. The monoisotopic (exact) mass is 554 g/mol. The Bertz CT molecular complexity index is 1290. The van der Waals surface area contributed by atoms with E-state index in [0.29, 0.717) is 62.4 Å². The van der Waals surface area contributed by atoms with E-state index in [9.17, 15) is 26.3 Å². The molecular weight excluding hydrogens is 530 g/mol. The van der Waals surface area contributed by atoms with Gasteiger partial charge in [0.25, 0.3) is 0 Å². The highest BCUT2D eigenvalue weighted by Gasteiger charge is 2.36. The van der Waals surface area contributed by atoms with E-state index in [1.165, 1.54) is 30.5 Å². The van der Waals surface area contributed by atoms with Crippen molar-refractivity contribution in [2.45, 2.75) is 12.5 Å². The van der Waals surface area contributed by atoms with Crippen molar-refractivity contribution in [3.63, 3.8) is 0 Å². The molecule has 0 unspecified atom stereocenters. The summed E-state index contributed by atoms with van der Waals surface area (Å²) in [7, 11) is 0. The van der Waals surface area contributed by atoms with E-state index in [-0.39, 0.29) is 24.7 Å². The van der Waals surface area contributed by atoms with Crippen molar-refractivity contribution in [2.75, 3.05) is 67.2 Å². The van der Waals surface area contributed by atoms with E-state index in [0.717, 1.165) is 6.07 Å². The van der Waals surface area contributed by atoms with Crippen LogP contribution in [0.15, 0.2) is 48.7 Å².